The summed E-state index contributed by atoms with van der Waals surface area (Å²) >= 11 is 0. The fourth-order valence-electron chi connectivity index (χ4n) is 4.06. The normalized spacial score (nSPS) is 19.6. The molecule has 1 saturated heterocycles. The van der Waals surface area contributed by atoms with Crippen LogP contribution in [0.1, 0.15) is 26.2 Å². The monoisotopic (exact) mass is 383 g/mol. The Morgan fingerprint density at radius 2 is 1.96 bits per heavy atom. The largest absolute Gasteiger partial charge is 0.450 e. The van der Waals surface area contributed by atoms with Crippen molar-refractivity contribution >= 4 is 12.0 Å². The number of hydrogen-bond acceptors (Lipinski definition) is 6. The Morgan fingerprint density at radius 1 is 1.21 bits per heavy atom. The third kappa shape index (κ3) is 3.72. The third-order valence-corrected chi connectivity index (χ3v) is 5.60. The number of piperidine rings is 1. The first kappa shape index (κ1) is 18.5. The van der Waals surface area contributed by atoms with Gasteiger partial charge in [-0.3, -0.25) is 14.3 Å². The van der Waals surface area contributed by atoms with Crippen LogP contribution < -0.4 is 10.9 Å². The van der Waals surface area contributed by atoms with E-state index >= 15 is 0 Å². The fraction of sp³-hybridized carbons (Fsp3) is 0.500. The second kappa shape index (κ2) is 8.00. The Morgan fingerprint density at radius 3 is 2.68 bits per heavy atom. The van der Waals surface area contributed by atoms with Crippen molar-refractivity contribution < 1.29 is 9.53 Å². The molecule has 4 rings (SSSR count). The summed E-state index contributed by atoms with van der Waals surface area (Å²) in [4.78, 5) is 34.9. The lowest BCUT2D eigenvalue weighted by molar-refractivity contribution is 0.0888. The minimum absolute atomic E-state index is 0.0418. The van der Waals surface area contributed by atoms with Crippen molar-refractivity contribution in [2.75, 3.05) is 25.0 Å². The summed E-state index contributed by atoms with van der Waals surface area (Å²) in [6.07, 6.45) is 5.89. The lowest BCUT2D eigenvalue weighted by Gasteiger charge is -2.38. The van der Waals surface area contributed by atoms with Gasteiger partial charge in [0.1, 0.15) is 0 Å². The summed E-state index contributed by atoms with van der Waals surface area (Å²) in [6, 6.07) is 5.54. The molecule has 0 spiro atoms. The van der Waals surface area contributed by atoms with Crippen LogP contribution in [0.5, 0.6) is 0 Å². The Labute approximate surface area is 163 Å². The smallest absolute Gasteiger partial charge is 0.409 e. The maximum Gasteiger partial charge on any atom is 0.409 e. The molecular weight excluding hydrogens is 358 g/mol. The van der Waals surface area contributed by atoms with Crippen LogP contribution in [-0.4, -0.2) is 51.3 Å². The molecule has 1 fully saturated rings. The standard InChI is InChI=1S/C20H25N5O3/c1-2-28-20(27)24-10-5-15(6-11-24)16-7-12-25-18(26)13-17(23-19(25)22-16)14-3-8-21-9-4-14/h3-4,8-9,13,15-16H,2,5-7,10-12H2,1H3,(H,22,23). The number of carbonyl (C=O) groups excluding carboxylic acids is 1. The zero-order chi connectivity index (χ0) is 19.5. The zero-order valence-corrected chi connectivity index (χ0v) is 16.0. The lowest BCUT2D eigenvalue weighted by Crippen LogP contribution is -2.46. The van der Waals surface area contributed by atoms with Gasteiger partial charge >= 0.3 is 6.09 Å². The minimum atomic E-state index is -0.224. The lowest BCUT2D eigenvalue weighted by atomic mass is 9.87. The van der Waals surface area contributed by atoms with Crippen LogP contribution in [0.4, 0.5) is 10.7 Å². The molecule has 2 aromatic heterocycles. The summed E-state index contributed by atoms with van der Waals surface area (Å²) < 4.78 is 6.80. The van der Waals surface area contributed by atoms with Crippen LogP contribution in [0.25, 0.3) is 11.3 Å². The van der Waals surface area contributed by atoms with Crippen molar-refractivity contribution in [3.05, 3.63) is 40.9 Å². The van der Waals surface area contributed by atoms with E-state index in [-0.39, 0.29) is 17.7 Å². The van der Waals surface area contributed by atoms with Crippen LogP contribution in [0.2, 0.25) is 0 Å². The zero-order valence-electron chi connectivity index (χ0n) is 16.0. The van der Waals surface area contributed by atoms with Crippen molar-refractivity contribution in [3.63, 3.8) is 0 Å². The van der Waals surface area contributed by atoms with Gasteiger partial charge in [-0.25, -0.2) is 9.78 Å². The van der Waals surface area contributed by atoms with Crippen molar-refractivity contribution in [2.24, 2.45) is 5.92 Å². The van der Waals surface area contributed by atoms with E-state index in [1.807, 2.05) is 19.1 Å². The van der Waals surface area contributed by atoms with Crippen LogP contribution in [0.3, 0.4) is 0 Å². The van der Waals surface area contributed by atoms with Crippen molar-refractivity contribution in [2.45, 2.75) is 38.8 Å². The molecule has 2 aromatic rings. The Balaban J connectivity index is 1.47. The number of nitrogens with one attached hydrogen (secondary N) is 1. The Hall–Kier alpha value is -2.90. The number of ether oxygens (including phenoxy) is 1. The van der Waals surface area contributed by atoms with Gasteiger partial charge in [-0.1, -0.05) is 0 Å². The SMILES string of the molecule is CCOC(=O)N1CCC(C2CCn3c(nc(-c4ccncc4)cc3=O)N2)CC1. The molecule has 148 valence electrons. The highest BCUT2D eigenvalue weighted by atomic mass is 16.6. The first-order chi connectivity index (χ1) is 13.7. The molecule has 0 saturated carbocycles. The van der Waals surface area contributed by atoms with E-state index in [1.165, 1.54) is 0 Å². The van der Waals surface area contributed by atoms with Gasteiger partial charge in [0.2, 0.25) is 5.95 Å². The first-order valence-corrected chi connectivity index (χ1v) is 9.86. The van der Waals surface area contributed by atoms with E-state index in [0.29, 0.717) is 43.8 Å². The van der Waals surface area contributed by atoms with E-state index in [9.17, 15) is 9.59 Å². The van der Waals surface area contributed by atoms with Gasteiger partial charge in [-0.15, -0.1) is 0 Å². The summed E-state index contributed by atoms with van der Waals surface area (Å²) in [5.41, 5.74) is 1.49. The van der Waals surface area contributed by atoms with Gasteiger partial charge in [0.05, 0.1) is 12.3 Å². The van der Waals surface area contributed by atoms with Gasteiger partial charge in [-0.05, 0) is 44.2 Å². The van der Waals surface area contributed by atoms with Crippen LogP contribution in [0, 0.1) is 5.92 Å². The number of rotatable bonds is 3. The molecule has 4 heterocycles. The maximum absolute atomic E-state index is 12.5. The van der Waals surface area contributed by atoms with Crippen molar-refractivity contribution in [1.29, 1.82) is 0 Å². The van der Waals surface area contributed by atoms with E-state index in [4.69, 9.17) is 9.72 Å². The van der Waals surface area contributed by atoms with Gasteiger partial charge in [0.15, 0.2) is 0 Å². The number of hydrogen-bond donors (Lipinski definition) is 1. The summed E-state index contributed by atoms with van der Waals surface area (Å²) in [5.74, 6) is 1.07. The molecule has 0 aliphatic carbocycles. The van der Waals surface area contributed by atoms with E-state index in [1.54, 1.807) is 27.9 Å². The Bertz CT molecular complexity index is 890. The molecule has 0 aromatic carbocycles. The van der Waals surface area contributed by atoms with Crippen molar-refractivity contribution in [3.8, 4) is 11.3 Å². The van der Waals surface area contributed by atoms with E-state index in [0.717, 1.165) is 24.8 Å². The van der Waals surface area contributed by atoms with E-state index < -0.39 is 0 Å². The highest BCUT2D eigenvalue weighted by molar-refractivity contribution is 5.67. The predicted octanol–water partition coefficient (Wildman–Crippen LogP) is 2.36. The topological polar surface area (TPSA) is 89.3 Å². The average molecular weight is 383 g/mol. The molecule has 0 bridgehead atoms. The highest BCUT2D eigenvalue weighted by Gasteiger charge is 2.31. The van der Waals surface area contributed by atoms with Gasteiger partial charge in [-0.2, -0.15) is 0 Å². The molecule has 1 amide bonds. The molecule has 8 nitrogen and oxygen atoms in total. The van der Waals surface area contributed by atoms with Gasteiger partial charge in [0, 0.05) is 49.7 Å². The molecule has 0 radical (unpaired) electrons. The highest BCUT2D eigenvalue weighted by Crippen LogP contribution is 2.28. The van der Waals surface area contributed by atoms with E-state index in [2.05, 4.69) is 10.3 Å². The number of pyridine rings is 1. The molecule has 2 aliphatic heterocycles. The first-order valence-electron chi connectivity index (χ1n) is 9.86. The predicted molar refractivity (Wildman–Crippen MR) is 105 cm³/mol. The maximum atomic E-state index is 12.5. The number of aromatic nitrogens is 3. The second-order valence-electron chi connectivity index (χ2n) is 7.25. The van der Waals surface area contributed by atoms with Crippen LogP contribution >= 0.6 is 0 Å². The summed E-state index contributed by atoms with van der Waals surface area (Å²) in [6.45, 7) is 4.30. The third-order valence-electron chi connectivity index (χ3n) is 5.60. The summed E-state index contributed by atoms with van der Waals surface area (Å²) in [7, 11) is 0. The molecule has 8 heteroatoms. The van der Waals surface area contributed by atoms with Crippen LogP contribution in [0.15, 0.2) is 35.4 Å². The number of anilines is 1. The number of amides is 1. The molecule has 1 N–H and O–H groups in total. The average Bonchev–Trinajstić information content (AvgIpc) is 2.74. The quantitative estimate of drug-likeness (QED) is 0.875. The molecular formula is C20H25N5O3. The van der Waals surface area contributed by atoms with Crippen molar-refractivity contribution in [1.82, 2.24) is 19.4 Å². The fourth-order valence-corrected chi connectivity index (χ4v) is 4.06. The number of likely N-dealkylation sites (tertiary alicyclic amines) is 1. The van der Waals surface area contributed by atoms with Crippen LogP contribution in [-0.2, 0) is 11.3 Å². The number of fused-ring (bicyclic) bond motifs is 1. The Kier molecular flexibility index (Phi) is 5.27. The molecule has 28 heavy (non-hydrogen) atoms. The number of nitrogens with zero attached hydrogens (tertiary/aromatic N) is 4. The molecule has 1 atom stereocenters. The van der Waals surface area contributed by atoms with Gasteiger partial charge in [0.25, 0.3) is 5.56 Å². The minimum Gasteiger partial charge on any atom is -0.450 e. The van der Waals surface area contributed by atoms with Gasteiger partial charge < -0.3 is 15.0 Å². The molecule has 2 aliphatic rings. The number of carbonyl (C=O) groups is 1. The summed E-state index contributed by atoms with van der Waals surface area (Å²) in [5, 5.41) is 3.49. The second-order valence-corrected chi connectivity index (χ2v) is 7.25. The molecule has 1 unspecified atom stereocenters.